The second-order valence-electron chi connectivity index (χ2n) is 11.2. The Morgan fingerprint density at radius 2 is 1.49 bits per heavy atom. The summed E-state index contributed by atoms with van der Waals surface area (Å²) in [5.74, 6) is -2.02. The number of aliphatic hydroxyl groups excluding tert-OH is 1. The summed E-state index contributed by atoms with van der Waals surface area (Å²) in [6.45, 7) is 7.22. The van der Waals surface area contributed by atoms with Crippen molar-refractivity contribution in [1.29, 1.82) is 0 Å². The van der Waals surface area contributed by atoms with Crippen molar-refractivity contribution in [1.82, 2.24) is 0 Å². The topological polar surface area (TPSA) is 126 Å². The summed E-state index contributed by atoms with van der Waals surface area (Å²) in [6.07, 6.45) is 7.76. The predicted molar refractivity (Wildman–Crippen MR) is 132 cm³/mol. The predicted octanol–water partition coefficient (Wildman–Crippen LogP) is 4.33. The zero-order chi connectivity index (χ0) is 26.4. The smallest absolute Gasteiger partial charge is 0.309 e. The van der Waals surface area contributed by atoms with Crippen LogP contribution in [0.2, 0.25) is 0 Å². The number of carbonyl (C=O) groups is 5. The van der Waals surface area contributed by atoms with E-state index in [1.54, 1.807) is 13.8 Å². The van der Waals surface area contributed by atoms with E-state index in [1.165, 1.54) is 18.2 Å². The van der Waals surface area contributed by atoms with E-state index >= 15 is 0 Å². The van der Waals surface area contributed by atoms with E-state index in [0.717, 1.165) is 12.8 Å². The lowest BCUT2D eigenvalue weighted by molar-refractivity contribution is -0.147. The van der Waals surface area contributed by atoms with Crippen LogP contribution in [0.5, 0.6) is 0 Å². The molecule has 0 aromatic carbocycles. The molecule has 0 aromatic rings. The molecule has 0 aromatic heterocycles. The fourth-order valence-corrected chi connectivity index (χ4v) is 4.45. The van der Waals surface area contributed by atoms with E-state index in [-0.39, 0.29) is 60.3 Å². The van der Waals surface area contributed by atoms with Crippen LogP contribution < -0.4 is 0 Å². The van der Waals surface area contributed by atoms with Gasteiger partial charge in [0.1, 0.15) is 0 Å². The van der Waals surface area contributed by atoms with Crippen molar-refractivity contribution in [3.63, 3.8) is 0 Å². The highest BCUT2D eigenvalue weighted by atomic mass is 16.4. The van der Waals surface area contributed by atoms with Gasteiger partial charge in [-0.3, -0.25) is 24.0 Å². The molecule has 2 aliphatic rings. The lowest BCUT2D eigenvalue weighted by Crippen LogP contribution is -2.26. The molecular weight excluding hydrogens is 448 g/mol. The Labute approximate surface area is 207 Å². The molecule has 0 fully saturated rings. The van der Waals surface area contributed by atoms with Crippen LogP contribution in [0.25, 0.3) is 0 Å². The van der Waals surface area contributed by atoms with E-state index in [4.69, 9.17) is 0 Å². The molecule has 35 heavy (non-hydrogen) atoms. The number of aliphatic carboxylic acids is 1. The first-order chi connectivity index (χ1) is 16.3. The summed E-state index contributed by atoms with van der Waals surface area (Å²) >= 11 is 0. The maximum atomic E-state index is 13.0. The minimum Gasteiger partial charge on any atom is -0.481 e. The molecule has 0 saturated carbocycles. The third-order valence-corrected chi connectivity index (χ3v) is 7.01. The van der Waals surface area contributed by atoms with E-state index in [2.05, 4.69) is 0 Å². The van der Waals surface area contributed by atoms with Crippen LogP contribution in [-0.2, 0) is 24.0 Å². The molecule has 0 spiro atoms. The van der Waals surface area contributed by atoms with Crippen molar-refractivity contribution in [3.8, 4) is 0 Å². The van der Waals surface area contributed by atoms with Crippen LogP contribution in [0, 0.1) is 16.7 Å². The standard InChI is InChI=1S/C28H38O7/c1-27(2,17-29)11-5-7-18-13-22(30)15-20(24(18)32)9-10-21-16-23(31)14-19(25(21)33)8-6-12-28(3,4)26(34)35/h14-16,18,29H,5-13,17H2,1-4H3,(H,34,35). The summed E-state index contributed by atoms with van der Waals surface area (Å²) < 4.78 is 0. The van der Waals surface area contributed by atoms with Crippen LogP contribution in [0.1, 0.15) is 85.5 Å². The zero-order valence-corrected chi connectivity index (χ0v) is 21.3. The van der Waals surface area contributed by atoms with Gasteiger partial charge in [0.2, 0.25) is 0 Å². The van der Waals surface area contributed by atoms with Gasteiger partial charge in [0.05, 0.1) is 5.41 Å². The fraction of sp³-hybridized carbons (Fsp3) is 0.607. The Kier molecular flexibility index (Phi) is 9.67. The van der Waals surface area contributed by atoms with Crippen LogP contribution in [0.3, 0.4) is 0 Å². The maximum Gasteiger partial charge on any atom is 0.309 e. The van der Waals surface area contributed by atoms with Crippen LogP contribution >= 0.6 is 0 Å². The second-order valence-corrected chi connectivity index (χ2v) is 11.2. The summed E-state index contributed by atoms with van der Waals surface area (Å²) in [7, 11) is 0. The number of ketones is 4. The molecule has 2 aliphatic carbocycles. The van der Waals surface area contributed by atoms with Crippen LogP contribution in [0.4, 0.5) is 0 Å². The number of carbonyl (C=O) groups excluding carboxylic acids is 4. The van der Waals surface area contributed by atoms with Crippen molar-refractivity contribution in [2.45, 2.75) is 85.5 Å². The first-order valence-corrected chi connectivity index (χ1v) is 12.4. The Hall–Kier alpha value is -2.67. The van der Waals surface area contributed by atoms with Gasteiger partial charge in [-0.25, -0.2) is 0 Å². The quantitative estimate of drug-likeness (QED) is 0.371. The molecule has 0 heterocycles. The zero-order valence-electron chi connectivity index (χ0n) is 21.3. The normalized spacial score (nSPS) is 19.5. The van der Waals surface area contributed by atoms with E-state index in [1.807, 2.05) is 13.8 Å². The Balaban J connectivity index is 1.96. The highest BCUT2D eigenvalue weighted by Gasteiger charge is 2.31. The van der Waals surface area contributed by atoms with E-state index in [0.29, 0.717) is 42.4 Å². The lowest BCUT2D eigenvalue weighted by atomic mass is 9.79. The molecule has 7 heteroatoms. The molecule has 0 radical (unpaired) electrons. The Bertz CT molecular complexity index is 975. The Morgan fingerprint density at radius 1 is 0.886 bits per heavy atom. The fourth-order valence-electron chi connectivity index (χ4n) is 4.45. The number of aliphatic hydroxyl groups is 1. The number of rotatable bonds is 13. The summed E-state index contributed by atoms with van der Waals surface area (Å²) in [5, 5.41) is 18.7. The molecule has 192 valence electrons. The number of carboxylic acid groups (broad SMARTS) is 1. The molecule has 0 amide bonds. The minimum atomic E-state index is -0.911. The number of carboxylic acids is 1. The molecule has 7 nitrogen and oxygen atoms in total. The average Bonchev–Trinajstić information content (AvgIpc) is 2.77. The van der Waals surface area contributed by atoms with Gasteiger partial charge >= 0.3 is 5.97 Å². The largest absolute Gasteiger partial charge is 0.481 e. The molecule has 0 saturated heterocycles. The molecule has 1 atom stereocenters. The van der Waals surface area contributed by atoms with Gasteiger partial charge in [-0.05, 0) is 88.0 Å². The lowest BCUT2D eigenvalue weighted by Gasteiger charge is -2.25. The van der Waals surface area contributed by atoms with Gasteiger partial charge < -0.3 is 10.2 Å². The summed E-state index contributed by atoms with van der Waals surface area (Å²) in [6, 6.07) is 0. The van der Waals surface area contributed by atoms with Gasteiger partial charge in [-0.15, -0.1) is 0 Å². The van der Waals surface area contributed by atoms with Gasteiger partial charge in [-0.2, -0.15) is 0 Å². The first-order valence-electron chi connectivity index (χ1n) is 12.4. The molecule has 0 bridgehead atoms. The van der Waals surface area contributed by atoms with Gasteiger partial charge in [0.15, 0.2) is 23.1 Å². The molecule has 2 N–H and O–H groups in total. The van der Waals surface area contributed by atoms with Gasteiger partial charge in [0.25, 0.3) is 0 Å². The van der Waals surface area contributed by atoms with Crippen molar-refractivity contribution in [2.75, 3.05) is 6.61 Å². The van der Waals surface area contributed by atoms with E-state index < -0.39 is 11.4 Å². The third kappa shape index (κ3) is 8.20. The number of allylic oxidation sites excluding steroid dienone is 6. The van der Waals surface area contributed by atoms with Crippen molar-refractivity contribution >= 4 is 29.1 Å². The van der Waals surface area contributed by atoms with Gasteiger partial charge in [0, 0.05) is 30.1 Å². The highest BCUT2D eigenvalue weighted by Crippen LogP contribution is 2.31. The minimum absolute atomic E-state index is 0.0608. The number of Topliss-reactive ketones (excluding diaryl/α,β-unsaturated/α-hetero) is 2. The second kappa shape index (κ2) is 11.8. The summed E-state index contributed by atoms with van der Waals surface area (Å²) in [5.41, 5.74) is -0.0645. The van der Waals surface area contributed by atoms with Crippen LogP contribution in [-0.4, -0.2) is 45.9 Å². The molecule has 2 rings (SSSR count). The van der Waals surface area contributed by atoms with Crippen LogP contribution in [0.15, 0.2) is 34.9 Å². The Morgan fingerprint density at radius 3 is 2.09 bits per heavy atom. The van der Waals surface area contributed by atoms with E-state index in [9.17, 15) is 34.2 Å². The maximum absolute atomic E-state index is 13.0. The third-order valence-electron chi connectivity index (χ3n) is 7.01. The monoisotopic (exact) mass is 486 g/mol. The molecular formula is C28H38O7. The molecule has 1 unspecified atom stereocenters. The SMILES string of the molecule is CC(C)(CO)CCCC1CC(=O)C=C(CCC2=CC(=O)C=C(CCCC(C)(C)C(=O)O)C2=O)C1=O. The molecule has 0 aliphatic heterocycles. The van der Waals surface area contributed by atoms with Crippen molar-refractivity contribution in [3.05, 3.63) is 34.9 Å². The number of hydrogen-bond acceptors (Lipinski definition) is 6. The van der Waals surface area contributed by atoms with Gasteiger partial charge in [-0.1, -0.05) is 20.3 Å². The average molecular weight is 487 g/mol. The first kappa shape index (κ1) is 28.6. The summed E-state index contributed by atoms with van der Waals surface area (Å²) in [4.78, 5) is 61.6. The van der Waals surface area contributed by atoms with Crippen molar-refractivity contribution < 1.29 is 34.2 Å². The number of hydrogen-bond donors (Lipinski definition) is 2. The van der Waals surface area contributed by atoms with Crippen molar-refractivity contribution in [2.24, 2.45) is 16.7 Å². The highest BCUT2D eigenvalue weighted by molar-refractivity contribution is 6.20.